The van der Waals surface area contributed by atoms with Gasteiger partial charge in [0.25, 0.3) is 0 Å². The van der Waals surface area contributed by atoms with Gasteiger partial charge in [-0.1, -0.05) is 6.08 Å². The zero-order valence-corrected chi connectivity index (χ0v) is 7.49. The summed E-state index contributed by atoms with van der Waals surface area (Å²) >= 11 is 0. The molecule has 1 aromatic carbocycles. The van der Waals surface area contributed by atoms with E-state index in [4.69, 9.17) is 5.73 Å². The number of aromatic hydroxyl groups is 2. The fraction of sp³-hybridized carbons (Fsp3) is 0.200. The van der Waals surface area contributed by atoms with Crippen molar-refractivity contribution in [3.63, 3.8) is 0 Å². The van der Waals surface area contributed by atoms with Crippen molar-refractivity contribution in [3.8, 4) is 11.5 Å². The molecule has 3 heteroatoms. The summed E-state index contributed by atoms with van der Waals surface area (Å²) in [6.45, 7) is 5.27. The van der Waals surface area contributed by atoms with E-state index in [-0.39, 0.29) is 11.5 Å². The molecule has 13 heavy (non-hydrogen) atoms. The van der Waals surface area contributed by atoms with Gasteiger partial charge in [0.2, 0.25) is 0 Å². The molecule has 0 heterocycles. The van der Waals surface area contributed by atoms with Crippen molar-refractivity contribution >= 4 is 0 Å². The minimum atomic E-state index is -0.541. The van der Waals surface area contributed by atoms with Crippen molar-refractivity contribution in [3.05, 3.63) is 35.9 Å². The Hall–Kier alpha value is -1.48. The average Bonchev–Trinajstić information content (AvgIpc) is 2.02. The lowest BCUT2D eigenvalue weighted by atomic mass is 10.0. The molecule has 0 aliphatic rings. The Morgan fingerprint density at radius 2 is 1.85 bits per heavy atom. The van der Waals surface area contributed by atoms with Crippen LogP contribution in [0, 0.1) is 6.92 Å². The van der Waals surface area contributed by atoms with Crippen LogP contribution in [-0.4, -0.2) is 10.2 Å². The summed E-state index contributed by atoms with van der Waals surface area (Å²) in [6, 6.07) is 2.57. The monoisotopic (exact) mass is 179 g/mol. The van der Waals surface area contributed by atoms with E-state index in [1.54, 1.807) is 19.1 Å². The highest BCUT2D eigenvalue weighted by atomic mass is 16.3. The van der Waals surface area contributed by atoms with Crippen LogP contribution in [0.15, 0.2) is 24.8 Å². The lowest BCUT2D eigenvalue weighted by Crippen LogP contribution is -2.07. The van der Waals surface area contributed by atoms with Gasteiger partial charge in [-0.15, -0.1) is 6.58 Å². The Kier molecular flexibility index (Phi) is 2.58. The van der Waals surface area contributed by atoms with Gasteiger partial charge >= 0.3 is 0 Å². The minimum absolute atomic E-state index is 0.00454. The molecule has 0 radical (unpaired) electrons. The molecule has 70 valence electrons. The van der Waals surface area contributed by atoms with Crippen LogP contribution in [0.25, 0.3) is 0 Å². The van der Waals surface area contributed by atoms with Crippen LogP contribution >= 0.6 is 0 Å². The minimum Gasteiger partial charge on any atom is -0.507 e. The first-order chi connectivity index (χ1) is 6.06. The van der Waals surface area contributed by atoms with Crippen molar-refractivity contribution in [1.29, 1.82) is 0 Å². The molecule has 3 nitrogen and oxygen atoms in total. The Labute approximate surface area is 77.1 Å². The van der Waals surface area contributed by atoms with Crippen LogP contribution < -0.4 is 5.73 Å². The summed E-state index contributed by atoms with van der Waals surface area (Å²) in [6.07, 6.45) is 1.46. The van der Waals surface area contributed by atoms with E-state index in [1.165, 1.54) is 6.08 Å². The number of hydrogen-bond donors (Lipinski definition) is 3. The zero-order chi connectivity index (χ0) is 10.0. The van der Waals surface area contributed by atoms with Gasteiger partial charge in [0.05, 0.1) is 11.6 Å². The Bertz CT molecular complexity index is 311. The predicted octanol–water partition coefficient (Wildman–Crippen LogP) is 1.59. The molecule has 0 saturated carbocycles. The summed E-state index contributed by atoms with van der Waals surface area (Å²) in [4.78, 5) is 0. The average molecular weight is 179 g/mol. The quantitative estimate of drug-likeness (QED) is 0.604. The van der Waals surface area contributed by atoms with E-state index in [0.29, 0.717) is 5.56 Å². The highest BCUT2D eigenvalue weighted by molar-refractivity contribution is 5.49. The molecule has 1 unspecified atom stereocenters. The predicted molar refractivity (Wildman–Crippen MR) is 51.6 cm³/mol. The number of benzene rings is 1. The first-order valence-corrected chi connectivity index (χ1v) is 3.97. The normalized spacial score (nSPS) is 12.5. The molecule has 0 saturated heterocycles. The highest BCUT2D eigenvalue weighted by Crippen LogP contribution is 2.33. The summed E-state index contributed by atoms with van der Waals surface area (Å²) in [5, 5.41) is 19.0. The van der Waals surface area contributed by atoms with Gasteiger partial charge in [-0.25, -0.2) is 0 Å². The van der Waals surface area contributed by atoms with Crippen molar-refractivity contribution in [2.45, 2.75) is 13.0 Å². The van der Waals surface area contributed by atoms with Crippen LogP contribution in [-0.2, 0) is 0 Å². The zero-order valence-electron chi connectivity index (χ0n) is 7.49. The summed E-state index contributed by atoms with van der Waals surface area (Å²) < 4.78 is 0. The molecule has 0 aromatic heterocycles. The molecule has 4 N–H and O–H groups in total. The first kappa shape index (κ1) is 9.61. The maximum Gasteiger partial charge on any atom is 0.124 e. The van der Waals surface area contributed by atoms with E-state index >= 15 is 0 Å². The number of rotatable bonds is 2. The van der Waals surface area contributed by atoms with Gasteiger partial charge in [0.1, 0.15) is 11.5 Å². The van der Waals surface area contributed by atoms with Crippen molar-refractivity contribution in [1.82, 2.24) is 0 Å². The number of hydrogen-bond acceptors (Lipinski definition) is 3. The van der Waals surface area contributed by atoms with E-state index in [1.807, 2.05) is 0 Å². The molecular weight excluding hydrogens is 166 g/mol. The maximum absolute atomic E-state index is 9.49. The molecule has 0 bridgehead atoms. The van der Waals surface area contributed by atoms with Gasteiger partial charge in [-0.05, 0) is 24.6 Å². The SMILES string of the molecule is C=CC(N)c1c(O)cc(C)cc1O. The van der Waals surface area contributed by atoms with E-state index in [2.05, 4.69) is 6.58 Å². The third-order valence-corrected chi connectivity index (χ3v) is 1.87. The van der Waals surface area contributed by atoms with Crippen molar-refractivity contribution < 1.29 is 10.2 Å². The fourth-order valence-electron chi connectivity index (χ4n) is 1.22. The number of phenols is 2. The van der Waals surface area contributed by atoms with Gasteiger partial charge in [-0.2, -0.15) is 0 Å². The number of nitrogens with two attached hydrogens (primary N) is 1. The standard InChI is InChI=1S/C10H13NO2/c1-3-7(11)10-8(12)4-6(2)5-9(10)13/h3-5,7,12-13H,1,11H2,2H3. The second-order valence-corrected chi connectivity index (χ2v) is 2.98. The molecule has 0 spiro atoms. The Morgan fingerprint density at radius 3 is 2.23 bits per heavy atom. The molecule has 1 aromatic rings. The lowest BCUT2D eigenvalue weighted by molar-refractivity contribution is 0.434. The van der Waals surface area contributed by atoms with Gasteiger partial charge in [-0.3, -0.25) is 0 Å². The number of phenolic OH excluding ortho intramolecular Hbond substituents is 2. The third kappa shape index (κ3) is 1.81. The molecule has 0 fully saturated rings. The molecule has 1 atom stereocenters. The largest absolute Gasteiger partial charge is 0.507 e. The third-order valence-electron chi connectivity index (χ3n) is 1.87. The molecule has 0 aliphatic carbocycles. The molecule has 0 aliphatic heterocycles. The Morgan fingerprint density at radius 1 is 1.38 bits per heavy atom. The van der Waals surface area contributed by atoms with Gasteiger partial charge in [0, 0.05) is 0 Å². The molecule has 1 rings (SSSR count). The van der Waals surface area contributed by atoms with Crippen LogP contribution in [0.5, 0.6) is 11.5 Å². The fourth-order valence-corrected chi connectivity index (χ4v) is 1.22. The smallest absolute Gasteiger partial charge is 0.124 e. The topological polar surface area (TPSA) is 66.5 Å². The Balaban J connectivity index is 3.28. The number of aryl methyl sites for hydroxylation is 1. The van der Waals surface area contributed by atoms with Crippen LogP contribution in [0.3, 0.4) is 0 Å². The van der Waals surface area contributed by atoms with E-state index in [0.717, 1.165) is 5.56 Å². The van der Waals surface area contributed by atoms with Gasteiger partial charge < -0.3 is 15.9 Å². The lowest BCUT2D eigenvalue weighted by Gasteiger charge is -2.11. The van der Waals surface area contributed by atoms with Crippen molar-refractivity contribution in [2.75, 3.05) is 0 Å². The highest BCUT2D eigenvalue weighted by Gasteiger charge is 2.13. The maximum atomic E-state index is 9.49. The second kappa shape index (κ2) is 3.49. The summed E-state index contributed by atoms with van der Waals surface area (Å²) in [5.74, 6) is 0.00907. The summed E-state index contributed by atoms with van der Waals surface area (Å²) in [5.41, 5.74) is 6.71. The van der Waals surface area contributed by atoms with Crippen LogP contribution in [0.2, 0.25) is 0 Å². The van der Waals surface area contributed by atoms with Gasteiger partial charge in [0.15, 0.2) is 0 Å². The first-order valence-electron chi connectivity index (χ1n) is 3.97. The molecular formula is C10H13NO2. The van der Waals surface area contributed by atoms with E-state index in [9.17, 15) is 10.2 Å². The van der Waals surface area contributed by atoms with E-state index < -0.39 is 6.04 Å². The van der Waals surface area contributed by atoms with Crippen LogP contribution in [0.4, 0.5) is 0 Å². The summed E-state index contributed by atoms with van der Waals surface area (Å²) in [7, 11) is 0. The van der Waals surface area contributed by atoms with Crippen LogP contribution in [0.1, 0.15) is 17.2 Å². The second-order valence-electron chi connectivity index (χ2n) is 2.98. The van der Waals surface area contributed by atoms with Crippen molar-refractivity contribution in [2.24, 2.45) is 5.73 Å². The molecule has 0 amide bonds.